The molecule has 10 fully saturated rings. The molecule has 108 valence electrons. The molecule has 0 amide bonds. The summed E-state index contributed by atoms with van der Waals surface area (Å²) in [6, 6.07) is 0. The third-order valence-electron chi connectivity index (χ3n) is 10.2. The van der Waals surface area contributed by atoms with Crippen LogP contribution in [0.2, 0.25) is 0 Å². The molecule has 10 saturated carbocycles. The van der Waals surface area contributed by atoms with Crippen LogP contribution >= 0.6 is 0 Å². The van der Waals surface area contributed by atoms with E-state index in [4.69, 9.17) is 0 Å². The first kappa shape index (κ1) is 10.6. The van der Waals surface area contributed by atoms with Crippen molar-refractivity contribution in [2.75, 3.05) is 0 Å². The van der Waals surface area contributed by atoms with E-state index >= 15 is 0 Å². The summed E-state index contributed by atoms with van der Waals surface area (Å²) in [5.74, 6) is 8.40. The molecule has 11 bridgehead atoms. The highest BCUT2D eigenvalue weighted by atomic mass is 16.3. The molecular formula is C19H26O. The van der Waals surface area contributed by atoms with Crippen LogP contribution in [0.5, 0.6) is 0 Å². The van der Waals surface area contributed by atoms with Crippen LogP contribution in [0.15, 0.2) is 0 Å². The van der Waals surface area contributed by atoms with E-state index in [1.807, 2.05) is 0 Å². The van der Waals surface area contributed by atoms with Crippen molar-refractivity contribution in [1.82, 2.24) is 0 Å². The molecule has 10 aliphatic rings. The van der Waals surface area contributed by atoms with Gasteiger partial charge in [-0.3, -0.25) is 0 Å². The van der Waals surface area contributed by atoms with Gasteiger partial charge in [0.15, 0.2) is 0 Å². The quantitative estimate of drug-likeness (QED) is 0.714. The predicted molar refractivity (Wildman–Crippen MR) is 75.7 cm³/mol. The second-order valence-electron chi connectivity index (χ2n) is 10.0. The summed E-state index contributed by atoms with van der Waals surface area (Å²) in [6.07, 6.45) is 11.8. The van der Waals surface area contributed by atoms with Gasteiger partial charge in [0.2, 0.25) is 0 Å². The Labute approximate surface area is 121 Å². The maximum Gasteiger partial charge on any atom is 0.0768 e. The van der Waals surface area contributed by atoms with Gasteiger partial charge < -0.3 is 5.11 Å². The monoisotopic (exact) mass is 270 g/mol. The van der Waals surface area contributed by atoms with Crippen molar-refractivity contribution in [1.29, 1.82) is 0 Å². The molecular weight excluding hydrogens is 244 g/mol. The molecule has 0 radical (unpaired) electrons. The lowest BCUT2D eigenvalue weighted by atomic mass is 9.24. The van der Waals surface area contributed by atoms with E-state index in [1.165, 1.54) is 38.5 Å². The first-order chi connectivity index (χ1) is 9.72. The molecule has 0 aliphatic heterocycles. The smallest absolute Gasteiger partial charge is 0.0768 e. The fraction of sp³-hybridized carbons (Fsp3) is 1.00. The molecule has 1 nitrogen and oxygen atoms in total. The van der Waals surface area contributed by atoms with Gasteiger partial charge in [0.1, 0.15) is 0 Å². The van der Waals surface area contributed by atoms with E-state index in [2.05, 4.69) is 0 Å². The van der Waals surface area contributed by atoms with Crippen molar-refractivity contribution in [2.24, 2.45) is 58.7 Å². The van der Waals surface area contributed by atoms with Crippen molar-refractivity contribution in [3.05, 3.63) is 0 Å². The van der Waals surface area contributed by atoms with E-state index in [-0.39, 0.29) is 5.60 Å². The van der Waals surface area contributed by atoms with Crippen molar-refractivity contribution in [2.45, 2.75) is 57.0 Å². The summed E-state index contributed by atoms with van der Waals surface area (Å²) in [7, 11) is 0. The van der Waals surface area contributed by atoms with Crippen LogP contribution in [-0.2, 0) is 0 Å². The summed E-state index contributed by atoms with van der Waals surface area (Å²) in [5, 5.41) is 12.1. The molecule has 0 saturated heterocycles. The largest absolute Gasteiger partial charge is 0.389 e. The van der Waals surface area contributed by atoms with Crippen molar-refractivity contribution >= 4 is 0 Å². The average Bonchev–Trinajstić information content (AvgIpc) is 2.65. The molecule has 10 aliphatic carbocycles. The van der Waals surface area contributed by atoms with Gasteiger partial charge in [0.05, 0.1) is 5.60 Å². The Morgan fingerprint density at radius 2 is 1.45 bits per heavy atom. The number of aliphatic hydroxyl groups is 1. The Morgan fingerprint density at radius 1 is 0.750 bits per heavy atom. The van der Waals surface area contributed by atoms with Gasteiger partial charge in [-0.05, 0) is 105 Å². The Kier molecular flexibility index (Phi) is 1.48. The second-order valence-corrected chi connectivity index (χ2v) is 10.0. The molecule has 0 aromatic carbocycles. The van der Waals surface area contributed by atoms with Crippen molar-refractivity contribution in [3.63, 3.8) is 0 Å². The third-order valence-corrected chi connectivity index (χ3v) is 10.2. The van der Waals surface area contributed by atoms with Crippen LogP contribution < -0.4 is 0 Å². The number of rotatable bonds is 0. The Morgan fingerprint density at radius 3 is 2.25 bits per heavy atom. The van der Waals surface area contributed by atoms with Gasteiger partial charge in [-0.2, -0.15) is 0 Å². The summed E-state index contributed by atoms with van der Waals surface area (Å²) in [5.41, 5.74) is 0.224. The van der Waals surface area contributed by atoms with Crippen LogP contribution in [0, 0.1) is 58.7 Å². The molecule has 1 spiro atoms. The van der Waals surface area contributed by atoms with Crippen LogP contribution in [0.3, 0.4) is 0 Å². The fourth-order valence-electron chi connectivity index (χ4n) is 10.4. The topological polar surface area (TPSA) is 20.2 Å². The summed E-state index contributed by atoms with van der Waals surface area (Å²) < 4.78 is 0. The number of fused-ring (bicyclic) bond motifs is 1. The zero-order valence-electron chi connectivity index (χ0n) is 12.3. The second kappa shape index (κ2) is 2.77. The minimum atomic E-state index is -0.190. The van der Waals surface area contributed by atoms with E-state index in [9.17, 15) is 5.11 Å². The van der Waals surface area contributed by atoms with Gasteiger partial charge in [0.25, 0.3) is 0 Å². The summed E-state index contributed by atoms with van der Waals surface area (Å²) in [4.78, 5) is 0. The molecule has 1 heteroatoms. The molecule has 1 N–H and O–H groups in total. The zero-order valence-corrected chi connectivity index (χ0v) is 12.3. The van der Waals surface area contributed by atoms with E-state index in [0.29, 0.717) is 5.41 Å². The zero-order chi connectivity index (χ0) is 12.9. The summed E-state index contributed by atoms with van der Waals surface area (Å²) >= 11 is 0. The van der Waals surface area contributed by atoms with Gasteiger partial charge in [0, 0.05) is 5.41 Å². The van der Waals surface area contributed by atoms with Gasteiger partial charge in [-0.15, -0.1) is 0 Å². The van der Waals surface area contributed by atoms with Crippen molar-refractivity contribution in [3.8, 4) is 0 Å². The lowest BCUT2D eigenvalue weighted by Gasteiger charge is -2.82. The van der Waals surface area contributed by atoms with Gasteiger partial charge >= 0.3 is 0 Å². The SMILES string of the molecule is OC12C3CC4CCC15CC1CC6C(CC3C(C4)C65)C2C1. The molecule has 10 rings (SSSR count). The normalized spacial score (nSPS) is 77.5. The summed E-state index contributed by atoms with van der Waals surface area (Å²) in [6.45, 7) is 0. The van der Waals surface area contributed by atoms with E-state index in [1.54, 1.807) is 12.8 Å². The van der Waals surface area contributed by atoms with Crippen LogP contribution in [-0.4, -0.2) is 10.7 Å². The molecule has 11 unspecified atom stereocenters. The van der Waals surface area contributed by atoms with E-state index in [0.717, 1.165) is 53.3 Å². The molecule has 11 atom stereocenters. The van der Waals surface area contributed by atoms with E-state index < -0.39 is 0 Å². The number of hydrogen-bond acceptors (Lipinski definition) is 1. The first-order valence-electron chi connectivity index (χ1n) is 9.45. The highest BCUT2D eigenvalue weighted by Crippen LogP contribution is 2.84. The number of hydrogen-bond donors (Lipinski definition) is 1. The Hall–Kier alpha value is -0.0400. The maximum atomic E-state index is 12.1. The van der Waals surface area contributed by atoms with Crippen LogP contribution in [0.1, 0.15) is 51.4 Å². The molecule has 20 heavy (non-hydrogen) atoms. The minimum Gasteiger partial charge on any atom is -0.389 e. The average molecular weight is 270 g/mol. The van der Waals surface area contributed by atoms with Crippen LogP contribution in [0.25, 0.3) is 0 Å². The van der Waals surface area contributed by atoms with Gasteiger partial charge in [-0.25, -0.2) is 0 Å². The Bertz CT molecular complexity index is 528. The first-order valence-corrected chi connectivity index (χ1v) is 9.45. The predicted octanol–water partition coefficient (Wildman–Crippen LogP) is 3.47. The standard InChI is InChI=1S/C19H26O/c20-19-15-5-9-1-2-18(19)8-10-4-14-12(16(19)6-10)7-11(15)13(3-9)17(14)18/h9-17,20H,1-8H2. The maximum absolute atomic E-state index is 12.1. The molecule has 0 heterocycles. The highest BCUT2D eigenvalue weighted by Gasteiger charge is 2.82. The third kappa shape index (κ3) is 0.769. The van der Waals surface area contributed by atoms with Crippen molar-refractivity contribution < 1.29 is 5.11 Å². The van der Waals surface area contributed by atoms with Crippen LogP contribution in [0.4, 0.5) is 0 Å². The Balaban J connectivity index is 1.59. The lowest BCUT2D eigenvalue weighted by Crippen LogP contribution is -2.81. The highest BCUT2D eigenvalue weighted by molar-refractivity contribution is 5.31. The molecule has 0 aromatic heterocycles. The lowest BCUT2D eigenvalue weighted by molar-refractivity contribution is -0.379. The molecule has 0 aromatic rings. The minimum absolute atomic E-state index is 0.190. The van der Waals surface area contributed by atoms with Gasteiger partial charge in [-0.1, -0.05) is 0 Å². The fourth-order valence-corrected chi connectivity index (χ4v) is 10.4.